The van der Waals surface area contributed by atoms with Crippen LogP contribution in [0.15, 0.2) is 48.5 Å². The van der Waals surface area contributed by atoms with E-state index in [0.29, 0.717) is 16.9 Å². The fourth-order valence-corrected chi connectivity index (χ4v) is 4.28. The number of Topliss-reactive ketones (excluding diaryl/α,β-unsaturated/α-hetero) is 1. The predicted octanol–water partition coefficient (Wildman–Crippen LogP) is 2.36. The molecule has 0 saturated carbocycles. The molecule has 5 rings (SSSR count). The van der Waals surface area contributed by atoms with Crippen molar-refractivity contribution in [1.82, 2.24) is 0 Å². The lowest BCUT2D eigenvalue weighted by molar-refractivity contribution is -0.0130. The Hall–Kier alpha value is -4.15. The lowest BCUT2D eigenvalue weighted by atomic mass is 9.92. The average molecular weight is 482 g/mol. The quantitative estimate of drug-likeness (QED) is 0.374. The van der Waals surface area contributed by atoms with Crippen LogP contribution in [0.5, 0.6) is 40.2 Å². The van der Waals surface area contributed by atoms with E-state index in [2.05, 4.69) is 0 Å². The number of fused-ring (bicyclic) bond motifs is 2. The molecule has 0 spiro atoms. The smallest absolute Gasteiger partial charge is 0.202 e. The zero-order valence-corrected chi connectivity index (χ0v) is 18.4. The van der Waals surface area contributed by atoms with Crippen molar-refractivity contribution in [3.63, 3.8) is 0 Å². The number of benzene rings is 3. The molecule has 2 aliphatic rings. The Morgan fingerprint density at radius 3 is 2.29 bits per heavy atom. The maximum Gasteiger partial charge on any atom is 0.202 e. The van der Waals surface area contributed by atoms with Gasteiger partial charge in [-0.05, 0) is 29.8 Å². The number of methoxy groups -OCH3 is 1. The molecule has 0 unspecified atom stereocenters. The highest BCUT2D eigenvalue weighted by Gasteiger charge is 2.40. The number of hydrogen-bond donors (Lipinski definition) is 5. The first-order valence-corrected chi connectivity index (χ1v) is 10.7. The molecule has 10 heteroatoms. The van der Waals surface area contributed by atoms with Crippen LogP contribution in [0.2, 0.25) is 0 Å². The Balaban J connectivity index is 1.46. The van der Waals surface area contributed by atoms with Gasteiger partial charge in [0.2, 0.25) is 5.78 Å². The molecule has 0 radical (unpaired) electrons. The van der Waals surface area contributed by atoms with Gasteiger partial charge >= 0.3 is 0 Å². The van der Waals surface area contributed by atoms with Gasteiger partial charge in [0.05, 0.1) is 13.7 Å². The molecule has 0 aromatic heterocycles. The number of carbonyl (C=O) groups excluding carboxylic acids is 1. The van der Waals surface area contributed by atoms with Crippen molar-refractivity contribution in [2.75, 3.05) is 13.7 Å². The highest BCUT2D eigenvalue weighted by molar-refractivity contribution is 6.05. The minimum Gasteiger partial charge on any atom is -0.508 e. The third kappa shape index (κ3) is 3.82. The monoisotopic (exact) mass is 482 g/mol. The number of aliphatic hydroxyl groups excluding tert-OH is 2. The maximum atomic E-state index is 12.7. The predicted molar refractivity (Wildman–Crippen MR) is 119 cm³/mol. The Morgan fingerprint density at radius 2 is 1.54 bits per heavy atom. The molecule has 5 N–H and O–H groups in total. The highest BCUT2D eigenvalue weighted by Crippen LogP contribution is 2.45. The molecule has 0 bridgehead atoms. The highest BCUT2D eigenvalue weighted by atomic mass is 16.6. The maximum absolute atomic E-state index is 12.7. The minimum atomic E-state index is -1.62. The minimum absolute atomic E-state index is 0.0395. The first-order chi connectivity index (χ1) is 16.8. The largest absolute Gasteiger partial charge is 0.508 e. The molecule has 0 fully saturated rings. The number of aromatic hydroxyl groups is 3. The molecule has 182 valence electrons. The van der Waals surface area contributed by atoms with Crippen molar-refractivity contribution in [2.24, 2.45) is 0 Å². The second-order valence-corrected chi connectivity index (χ2v) is 8.20. The summed E-state index contributed by atoms with van der Waals surface area (Å²) in [6.07, 6.45) is -4.27. The number of hydrogen-bond acceptors (Lipinski definition) is 10. The van der Waals surface area contributed by atoms with Crippen molar-refractivity contribution in [3.8, 4) is 40.2 Å². The summed E-state index contributed by atoms with van der Waals surface area (Å²) in [4.78, 5) is 12.7. The fraction of sp³-hybridized carbons (Fsp3) is 0.240. The lowest BCUT2D eigenvalue weighted by Gasteiger charge is -2.35. The van der Waals surface area contributed by atoms with Crippen molar-refractivity contribution in [2.45, 2.75) is 24.4 Å². The van der Waals surface area contributed by atoms with Crippen LogP contribution < -0.4 is 18.9 Å². The van der Waals surface area contributed by atoms with Crippen molar-refractivity contribution < 1.29 is 49.3 Å². The van der Waals surface area contributed by atoms with Crippen molar-refractivity contribution in [1.29, 1.82) is 0 Å². The van der Waals surface area contributed by atoms with Gasteiger partial charge in [-0.2, -0.15) is 0 Å². The molecule has 3 aromatic rings. The molecule has 0 saturated heterocycles. The van der Waals surface area contributed by atoms with Crippen LogP contribution in [0.4, 0.5) is 0 Å². The summed E-state index contributed by atoms with van der Waals surface area (Å²) in [6, 6.07) is 11.6. The number of carbonyl (C=O) groups is 1. The van der Waals surface area contributed by atoms with E-state index in [-0.39, 0.29) is 40.9 Å². The molecule has 2 aliphatic heterocycles. The number of phenols is 3. The third-order valence-electron chi connectivity index (χ3n) is 6.00. The van der Waals surface area contributed by atoms with Crippen LogP contribution >= 0.6 is 0 Å². The summed E-state index contributed by atoms with van der Waals surface area (Å²) >= 11 is 0. The van der Waals surface area contributed by atoms with E-state index in [1.807, 2.05) is 0 Å². The van der Waals surface area contributed by atoms with Crippen molar-refractivity contribution >= 4 is 5.78 Å². The van der Waals surface area contributed by atoms with Crippen LogP contribution in [0.25, 0.3) is 0 Å². The molecule has 35 heavy (non-hydrogen) atoms. The summed E-state index contributed by atoms with van der Waals surface area (Å²) in [5, 5.41) is 50.2. The van der Waals surface area contributed by atoms with Gasteiger partial charge < -0.3 is 44.5 Å². The van der Waals surface area contributed by atoms with Gasteiger partial charge in [0.25, 0.3) is 0 Å². The second-order valence-electron chi connectivity index (χ2n) is 8.20. The SMILES string of the molecule is COc1cc([C@H]2Oc3ccc([C@@H]4Oc5cc(O)cc(O)c5C(=O)[C@H]4O)cc3O[C@@H]2CO)ccc1O. The molecule has 10 nitrogen and oxygen atoms in total. The summed E-state index contributed by atoms with van der Waals surface area (Å²) in [7, 11) is 1.42. The van der Waals surface area contributed by atoms with Crippen LogP contribution in [0, 0.1) is 0 Å². The molecule has 2 heterocycles. The topological polar surface area (TPSA) is 155 Å². The zero-order valence-electron chi connectivity index (χ0n) is 18.4. The average Bonchev–Trinajstić information content (AvgIpc) is 2.85. The normalized spacial score (nSPS) is 22.8. The number of aliphatic hydroxyl groups is 2. The summed E-state index contributed by atoms with van der Waals surface area (Å²) in [6.45, 7) is -0.384. The first kappa shape index (κ1) is 22.6. The molecule has 0 amide bonds. The van der Waals surface area contributed by atoms with Crippen molar-refractivity contribution in [3.05, 3.63) is 65.2 Å². The number of ether oxygens (including phenoxy) is 4. The summed E-state index contributed by atoms with van der Waals surface area (Å²) in [5.74, 6) is -0.789. The van der Waals surface area contributed by atoms with E-state index < -0.39 is 35.9 Å². The van der Waals surface area contributed by atoms with Gasteiger partial charge in [0, 0.05) is 17.7 Å². The standard InChI is InChI=1S/C25H22O10/c1-32-17-6-11(2-4-14(17)28)24-20(10-26)33-18-7-12(3-5-16(18)34-24)25-23(31)22(30)21-15(29)8-13(27)9-19(21)35-25/h2-9,20,23-29,31H,10H2,1H3/t20-,23-,24-,25+/m1/s1. The van der Waals surface area contributed by atoms with E-state index >= 15 is 0 Å². The lowest BCUT2D eigenvalue weighted by Crippen LogP contribution is -2.37. The molecule has 3 aromatic carbocycles. The Morgan fingerprint density at radius 1 is 0.829 bits per heavy atom. The Bertz CT molecular complexity index is 1300. The fourth-order valence-electron chi connectivity index (χ4n) is 4.28. The third-order valence-corrected chi connectivity index (χ3v) is 6.00. The van der Waals surface area contributed by atoms with E-state index in [1.165, 1.54) is 25.3 Å². The van der Waals surface area contributed by atoms with E-state index in [4.69, 9.17) is 18.9 Å². The zero-order chi connectivity index (χ0) is 24.9. The van der Waals surface area contributed by atoms with Gasteiger partial charge in [0.1, 0.15) is 22.8 Å². The van der Waals surface area contributed by atoms with Gasteiger partial charge in [-0.15, -0.1) is 0 Å². The second kappa shape index (κ2) is 8.57. The van der Waals surface area contributed by atoms with Gasteiger partial charge in [-0.3, -0.25) is 4.79 Å². The van der Waals surface area contributed by atoms with E-state index in [1.54, 1.807) is 24.3 Å². The van der Waals surface area contributed by atoms with Crippen LogP contribution in [0.1, 0.15) is 33.7 Å². The summed E-state index contributed by atoms with van der Waals surface area (Å²) in [5.41, 5.74) is 0.779. The van der Waals surface area contributed by atoms with Crippen LogP contribution in [-0.2, 0) is 0 Å². The van der Waals surface area contributed by atoms with Crippen LogP contribution in [0.3, 0.4) is 0 Å². The molecule has 4 atom stereocenters. The van der Waals surface area contributed by atoms with Crippen LogP contribution in [-0.4, -0.2) is 57.2 Å². The summed E-state index contributed by atoms with van der Waals surface area (Å²) < 4.78 is 23.0. The van der Waals surface area contributed by atoms with Gasteiger partial charge in [-0.25, -0.2) is 0 Å². The number of rotatable bonds is 4. The molecular weight excluding hydrogens is 460 g/mol. The Kier molecular flexibility index (Phi) is 5.54. The van der Waals surface area contributed by atoms with Gasteiger partial charge in [0.15, 0.2) is 47.4 Å². The molecular formula is C25H22O10. The van der Waals surface area contributed by atoms with E-state index in [0.717, 1.165) is 6.07 Å². The number of ketones is 1. The Labute approximate surface area is 199 Å². The van der Waals surface area contributed by atoms with E-state index in [9.17, 15) is 30.3 Å². The number of phenolic OH excluding ortho intramolecular Hbond substituents is 3. The van der Waals surface area contributed by atoms with Gasteiger partial charge in [-0.1, -0.05) is 12.1 Å². The molecule has 0 aliphatic carbocycles. The first-order valence-electron chi connectivity index (χ1n) is 10.7.